The molecule has 0 bridgehead atoms. The molecular formula is C12H12FN3. The lowest BCUT2D eigenvalue weighted by Gasteiger charge is -2.06. The Balaban J connectivity index is 2.18. The third-order valence-corrected chi connectivity index (χ3v) is 3.00. The van der Waals surface area contributed by atoms with Crippen molar-refractivity contribution in [1.29, 1.82) is 0 Å². The first kappa shape index (κ1) is 9.54. The van der Waals surface area contributed by atoms with Gasteiger partial charge in [0.15, 0.2) is 0 Å². The van der Waals surface area contributed by atoms with Crippen LogP contribution in [0, 0.1) is 12.7 Å². The Hall–Kier alpha value is -1.68. The monoisotopic (exact) mass is 217 g/mol. The van der Waals surface area contributed by atoms with E-state index in [2.05, 4.69) is 10.4 Å². The van der Waals surface area contributed by atoms with E-state index in [0.29, 0.717) is 5.69 Å². The van der Waals surface area contributed by atoms with E-state index in [-0.39, 0.29) is 5.82 Å². The molecule has 1 aliphatic rings. The lowest BCUT2D eigenvalue weighted by Crippen LogP contribution is -2.08. The Labute approximate surface area is 92.9 Å². The fourth-order valence-corrected chi connectivity index (χ4v) is 2.13. The molecule has 0 saturated carbocycles. The number of hydrogen-bond acceptors (Lipinski definition) is 2. The summed E-state index contributed by atoms with van der Waals surface area (Å²) < 4.78 is 15.3. The zero-order valence-electron chi connectivity index (χ0n) is 9.00. The Morgan fingerprint density at radius 2 is 2.12 bits per heavy atom. The predicted molar refractivity (Wildman–Crippen MR) is 58.8 cm³/mol. The highest BCUT2D eigenvalue weighted by molar-refractivity contribution is 5.39. The first-order chi connectivity index (χ1) is 7.77. The van der Waals surface area contributed by atoms with Crippen molar-refractivity contribution >= 4 is 0 Å². The average Bonchev–Trinajstić information content (AvgIpc) is 2.83. The van der Waals surface area contributed by atoms with E-state index in [1.165, 1.54) is 11.6 Å². The Kier molecular flexibility index (Phi) is 2.04. The average molecular weight is 217 g/mol. The van der Waals surface area contributed by atoms with Crippen LogP contribution in [0.4, 0.5) is 4.39 Å². The van der Waals surface area contributed by atoms with Crippen molar-refractivity contribution in [2.24, 2.45) is 0 Å². The minimum atomic E-state index is -0.236. The SMILES string of the molecule is Cc1c2c(nn1-c1ccccc1F)CNC2. The summed E-state index contributed by atoms with van der Waals surface area (Å²) >= 11 is 0. The quantitative estimate of drug-likeness (QED) is 0.791. The van der Waals surface area contributed by atoms with Crippen LogP contribution in [0.15, 0.2) is 24.3 Å². The van der Waals surface area contributed by atoms with Gasteiger partial charge >= 0.3 is 0 Å². The van der Waals surface area contributed by atoms with E-state index in [4.69, 9.17) is 0 Å². The van der Waals surface area contributed by atoms with Crippen LogP contribution in [0.25, 0.3) is 5.69 Å². The van der Waals surface area contributed by atoms with Gasteiger partial charge in [0, 0.05) is 24.3 Å². The van der Waals surface area contributed by atoms with Gasteiger partial charge < -0.3 is 5.32 Å². The molecule has 0 atom stereocenters. The molecule has 1 aromatic heterocycles. The maximum atomic E-state index is 13.6. The van der Waals surface area contributed by atoms with Crippen LogP contribution in [0.5, 0.6) is 0 Å². The summed E-state index contributed by atoms with van der Waals surface area (Å²) in [6.07, 6.45) is 0. The van der Waals surface area contributed by atoms with Crippen molar-refractivity contribution < 1.29 is 4.39 Å². The largest absolute Gasteiger partial charge is 0.307 e. The summed E-state index contributed by atoms with van der Waals surface area (Å²) in [6, 6.07) is 6.72. The van der Waals surface area contributed by atoms with E-state index in [9.17, 15) is 4.39 Å². The molecule has 16 heavy (non-hydrogen) atoms. The van der Waals surface area contributed by atoms with Gasteiger partial charge in [0.05, 0.1) is 5.69 Å². The van der Waals surface area contributed by atoms with Crippen LogP contribution < -0.4 is 5.32 Å². The fourth-order valence-electron chi connectivity index (χ4n) is 2.13. The van der Waals surface area contributed by atoms with Crippen molar-refractivity contribution in [3.8, 4) is 5.69 Å². The predicted octanol–water partition coefficient (Wildman–Crippen LogP) is 1.92. The fraction of sp³-hybridized carbons (Fsp3) is 0.250. The number of halogens is 1. The second kappa shape index (κ2) is 3.42. The van der Waals surface area contributed by atoms with Gasteiger partial charge in [-0.05, 0) is 19.1 Å². The van der Waals surface area contributed by atoms with Gasteiger partial charge in [-0.3, -0.25) is 0 Å². The maximum Gasteiger partial charge on any atom is 0.148 e. The maximum absolute atomic E-state index is 13.6. The number of hydrogen-bond donors (Lipinski definition) is 1. The summed E-state index contributed by atoms with van der Waals surface area (Å²) in [7, 11) is 0. The van der Waals surface area contributed by atoms with Crippen LogP contribution in [-0.2, 0) is 13.1 Å². The lowest BCUT2D eigenvalue weighted by molar-refractivity contribution is 0.604. The first-order valence-corrected chi connectivity index (χ1v) is 5.30. The minimum absolute atomic E-state index is 0.236. The molecule has 1 N–H and O–H groups in total. The molecule has 0 amide bonds. The van der Waals surface area contributed by atoms with Crippen LogP contribution in [-0.4, -0.2) is 9.78 Å². The number of rotatable bonds is 1. The first-order valence-electron chi connectivity index (χ1n) is 5.30. The van der Waals surface area contributed by atoms with Crippen molar-refractivity contribution in [3.63, 3.8) is 0 Å². The normalized spacial score (nSPS) is 14.1. The van der Waals surface area contributed by atoms with Crippen molar-refractivity contribution in [2.45, 2.75) is 20.0 Å². The zero-order chi connectivity index (χ0) is 11.1. The highest BCUT2D eigenvalue weighted by Crippen LogP contribution is 2.22. The zero-order valence-corrected chi connectivity index (χ0v) is 9.00. The number of aromatic nitrogens is 2. The molecule has 82 valence electrons. The molecule has 2 heterocycles. The van der Waals surface area contributed by atoms with Gasteiger partial charge in [-0.2, -0.15) is 5.10 Å². The number of para-hydroxylation sites is 1. The molecule has 0 unspecified atom stereocenters. The summed E-state index contributed by atoms with van der Waals surface area (Å²) in [4.78, 5) is 0. The lowest BCUT2D eigenvalue weighted by atomic mass is 10.2. The standard InChI is InChI=1S/C12H12FN3/c1-8-9-6-14-7-11(9)15-16(8)12-5-3-2-4-10(12)13/h2-5,14H,6-7H2,1H3. The van der Waals surface area contributed by atoms with Crippen LogP contribution in [0.3, 0.4) is 0 Å². The van der Waals surface area contributed by atoms with Gasteiger partial charge in [0.1, 0.15) is 11.5 Å². The van der Waals surface area contributed by atoms with Gasteiger partial charge in [0.25, 0.3) is 0 Å². The second-order valence-corrected chi connectivity index (χ2v) is 3.98. The molecule has 0 saturated heterocycles. The summed E-state index contributed by atoms with van der Waals surface area (Å²) in [5, 5.41) is 7.67. The molecule has 4 heteroatoms. The number of fused-ring (bicyclic) bond motifs is 1. The van der Waals surface area contributed by atoms with Crippen LogP contribution in [0.1, 0.15) is 17.0 Å². The number of nitrogens with zero attached hydrogens (tertiary/aromatic N) is 2. The van der Waals surface area contributed by atoms with Crippen molar-refractivity contribution in [3.05, 3.63) is 47.0 Å². The third kappa shape index (κ3) is 1.27. The molecule has 0 radical (unpaired) electrons. The van der Waals surface area contributed by atoms with Crippen LogP contribution >= 0.6 is 0 Å². The second-order valence-electron chi connectivity index (χ2n) is 3.98. The highest BCUT2D eigenvalue weighted by Gasteiger charge is 2.20. The molecule has 3 rings (SSSR count). The summed E-state index contributed by atoms with van der Waals surface area (Å²) in [6.45, 7) is 3.58. The van der Waals surface area contributed by atoms with E-state index < -0.39 is 0 Å². The molecule has 0 spiro atoms. The highest BCUT2D eigenvalue weighted by atomic mass is 19.1. The molecule has 3 nitrogen and oxygen atoms in total. The Morgan fingerprint density at radius 3 is 2.88 bits per heavy atom. The smallest absolute Gasteiger partial charge is 0.148 e. The molecular weight excluding hydrogens is 205 g/mol. The van der Waals surface area contributed by atoms with E-state index in [0.717, 1.165) is 24.5 Å². The third-order valence-electron chi connectivity index (χ3n) is 3.00. The number of benzene rings is 1. The van der Waals surface area contributed by atoms with E-state index in [1.807, 2.05) is 13.0 Å². The summed E-state index contributed by atoms with van der Waals surface area (Å²) in [5.74, 6) is -0.236. The van der Waals surface area contributed by atoms with Gasteiger partial charge in [-0.25, -0.2) is 9.07 Å². The molecule has 1 aromatic carbocycles. The Bertz CT molecular complexity index is 545. The van der Waals surface area contributed by atoms with E-state index in [1.54, 1.807) is 16.8 Å². The van der Waals surface area contributed by atoms with Gasteiger partial charge in [0.2, 0.25) is 0 Å². The van der Waals surface area contributed by atoms with Crippen molar-refractivity contribution in [2.75, 3.05) is 0 Å². The van der Waals surface area contributed by atoms with Crippen LogP contribution in [0.2, 0.25) is 0 Å². The Morgan fingerprint density at radius 1 is 1.31 bits per heavy atom. The molecule has 0 aliphatic carbocycles. The van der Waals surface area contributed by atoms with E-state index >= 15 is 0 Å². The van der Waals surface area contributed by atoms with Crippen molar-refractivity contribution in [1.82, 2.24) is 15.1 Å². The molecule has 2 aromatic rings. The summed E-state index contributed by atoms with van der Waals surface area (Å²) in [5.41, 5.74) is 3.77. The molecule has 0 fully saturated rings. The number of nitrogens with one attached hydrogen (secondary N) is 1. The minimum Gasteiger partial charge on any atom is -0.307 e. The topological polar surface area (TPSA) is 29.9 Å². The van der Waals surface area contributed by atoms with Gasteiger partial charge in [-0.1, -0.05) is 12.1 Å². The molecule has 1 aliphatic heterocycles. The van der Waals surface area contributed by atoms with Gasteiger partial charge in [-0.15, -0.1) is 0 Å².